The van der Waals surface area contributed by atoms with Crippen LogP contribution in [0.4, 0.5) is 5.69 Å². The Bertz CT molecular complexity index is 1320. The van der Waals surface area contributed by atoms with Gasteiger partial charge in [0, 0.05) is 22.4 Å². The van der Waals surface area contributed by atoms with Crippen LogP contribution >= 0.6 is 0 Å². The number of methoxy groups -OCH3 is 3. The molecule has 0 fully saturated rings. The van der Waals surface area contributed by atoms with Crippen LogP contribution in [-0.2, 0) is 15.2 Å². The van der Waals surface area contributed by atoms with Crippen LogP contribution in [0.5, 0.6) is 17.2 Å². The van der Waals surface area contributed by atoms with Crippen LogP contribution in [0.25, 0.3) is 0 Å². The number of fused-ring (bicyclic) bond motifs is 2. The number of carbonyl (C=O) groups is 2. The number of nitrogens with one attached hydrogen (secondary N) is 1. The molecule has 0 unspecified atom stereocenters. The van der Waals surface area contributed by atoms with E-state index in [4.69, 9.17) is 19.0 Å². The summed E-state index contributed by atoms with van der Waals surface area (Å²) >= 11 is 0. The van der Waals surface area contributed by atoms with Crippen LogP contribution < -0.4 is 19.5 Å². The Balaban J connectivity index is 1.70. The molecular formula is C26H22N2O6. The lowest BCUT2D eigenvalue weighted by Crippen LogP contribution is -2.46. The van der Waals surface area contributed by atoms with E-state index < -0.39 is 17.4 Å². The van der Waals surface area contributed by atoms with E-state index in [2.05, 4.69) is 10.5 Å². The highest BCUT2D eigenvalue weighted by molar-refractivity contribution is 6.25. The van der Waals surface area contributed by atoms with Gasteiger partial charge in [-0.2, -0.15) is 0 Å². The minimum Gasteiger partial charge on any atom is -0.497 e. The summed E-state index contributed by atoms with van der Waals surface area (Å²) in [5, 5.41) is 7.15. The Morgan fingerprint density at radius 1 is 0.941 bits per heavy atom. The molecule has 3 aromatic rings. The topological polar surface area (TPSA) is 95.5 Å². The molecular weight excluding hydrogens is 436 g/mol. The standard InChI is InChI=1S/C26H22N2O6/c1-31-16-10-8-15(9-11-16)24(29)22-23(18-14-17(32-2)12-13-21(18)33-3)28-34-26(22)19-6-4-5-7-20(19)27-25(26)30/h4-14,22H,1-3H3,(H,27,30)/t22-,26-/m1/s1. The number of amides is 1. The summed E-state index contributed by atoms with van der Waals surface area (Å²) in [6.45, 7) is 0. The molecule has 5 rings (SSSR count). The number of hydrogen-bond donors (Lipinski definition) is 1. The molecule has 2 aliphatic heterocycles. The first-order valence-corrected chi connectivity index (χ1v) is 10.6. The number of Topliss-reactive ketones (excluding diaryl/α,β-unsaturated/α-hetero) is 1. The van der Waals surface area contributed by atoms with Crippen molar-refractivity contribution >= 4 is 23.1 Å². The zero-order chi connectivity index (χ0) is 23.9. The van der Waals surface area contributed by atoms with Crippen LogP contribution in [0.2, 0.25) is 0 Å². The molecule has 0 saturated carbocycles. The number of anilines is 1. The van der Waals surface area contributed by atoms with E-state index in [1.165, 1.54) is 7.11 Å². The van der Waals surface area contributed by atoms with Crippen molar-refractivity contribution in [3.05, 3.63) is 83.4 Å². The average Bonchev–Trinajstić information content (AvgIpc) is 3.42. The van der Waals surface area contributed by atoms with Crippen molar-refractivity contribution in [3.8, 4) is 17.2 Å². The fourth-order valence-corrected chi connectivity index (χ4v) is 4.50. The third kappa shape index (κ3) is 3.10. The Kier molecular flexibility index (Phi) is 5.20. The molecule has 8 heteroatoms. The Hall–Kier alpha value is -4.33. The highest BCUT2D eigenvalue weighted by atomic mass is 16.7. The first-order chi connectivity index (χ1) is 16.5. The second-order valence-corrected chi connectivity index (χ2v) is 7.90. The molecule has 0 radical (unpaired) electrons. The maximum absolute atomic E-state index is 14.0. The van der Waals surface area contributed by atoms with E-state index in [0.29, 0.717) is 39.6 Å². The number of carbonyl (C=O) groups excluding carboxylic acids is 2. The molecule has 3 aromatic carbocycles. The van der Waals surface area contributed by atoms with Gasteiger partial charge >= 0.3 is 0 Å². The van der Waals surface area contributed by atoms with Crippen molar-refractivity contribution in [2.45, 2.75) is 5.60 Å². The van der Waals surface area contributed by atoms with Crippen molar-refractivity contribution in [2.75, 3.05) is 26.6 Å². The van der Waals surface area contributed by atoms with Gasteiger partial charge in [-0.3, -0.25) is 9.59 Å². The lowest BCUT2D eigenvalue weighted by atomic mass is 9.74. The van der Waals surface area contributed by atoms with Gasteiger partial charge in [-0.1, -0.05) is 23.4 Å². The molecule has 0 aliphatic carbocycles. The first kappa shape index (κ1) is 21.5. The minimum atomic E-state index is -1.66. The highest BCUT2D eigenvalue weighted by Crippen LogP contribution is 2.50. The average molecular weight is 458 g/mol. The van der Waals surface area contributed by atoms with E-state index in [1.807, 2.05) is 0 Å². The number of ether oxygens (including phenoxy) is 3. The molecule has 2 aliphatic rings. The zero-order valence-electron chi connectivity index (χ0n) is 18.8. The van der Waals surface area contributed by atoms with Gasteiger partial charge in [0.15, 0.2) is 5.78 Å². The largest absolute Gasteiger partial charge is 0.497 e. The number of ketones is 1. The molecule has 1 N–H and O–H groups in total. The summed E-state index contributed by atoms with van der Waals surface area (Å²) in [6.07, 6.45) is 0. The minimum absolute atomic E-state index is 0.281. The second-order valence-electron chi connectivity index (χ2n) is 7.90. The third-order valence-electron chi connectivity index (χ3n) is 6.20. The number of nitrogens with zero attached hydrogens (tertiary/aromatic N) is 1. The van der Waals surface area contributed by atoms with Crippen LogP contribution in [0.3, 0.4) is 0 Å². The summed E-state index contributed by atoms with van der Waals surface area (Å²) in [4.78, 5) is 33.4. The van der Waals surface area contributed by atoms with E-state index in [0.717, 1.165) is 0 Å². The normalized spacial score (nSPS) is 20.3. The molecule has 0 aromatic heterocycles. The van der Waals surface area contributed by atoms with E-state index >= 15 is 0 Å². The third-order valence-corrected chi connectivity index (χ3v) is 6.20. The van der Waals surface area contributed by atoms with Gasteiger partial charge in [-0.05, 0) is 48.5 Å². The van der Waals surface area contributed by atoms with Crippen molar-refractivity contribution in [1.29, 1.82) is 0 Å². The van der Waals surface area contributed by atoms with Crippen LogP contribution in [0.15, 0.2) is 71.9 Å². The first-order valence-electron chi connectivity index (χ1n) is 10.6. The summed E-state index contributed by atoms with van der Waals surface area (Å²) in [7, 11) is 4.62. The Labute approximate surface area is 196 Å². The fourth-order valence-electron chi connectivity index (χ4n) is 4.50. The van der Waals surface area contributed by atoms with E-state index in [-0.39, 0.29) is 11.5 Å². The summed E-state index contributed by atoms with van der Waals surface area (Å²) < 4.78 is 16.2. The van der Waals surface area contributed by atoms with Crippen LogP contribution in [-0.4, -0.2) is 38.7 Å². The quantitative estimate of drug-likeness (QED) is 0.565. The van der Waals surface area contributed by atoms with E-state index in [9.17, 15) is 9.59 Å². The van der Waals surface area contributed by atoms with Gasteiger partial charge in [0.1, 0.15) is 28.9 Å². The fraction of sp³-hybridized carbons (Fsp3) is 0.192. The van der Waals surface area contributed by atoms with Crippen LogP contribution in [0.1, 0.15) is 21.5 Å². The van der Waals surface area contributed by atoms with Gasteiger partial charge < -0.3 is 24.4 Å². The van der Waals surface area contributed by atoms with Gasteiger partial charge in [0.05, 0.1) is 21.3 Å². The number of hydrogen-bond acceptors (Lipinski definition) is 7. The lowest BCUT2D eigenvalue weighted by molar-refractivity contribution is -0.140. The zero-order valence-corrected chi connectivity index (χ0v) is 18.8. The summed E-state index contributed by atoms with van der Waals surface area (Å²) in [5.41, 5.74) is 0.645. The molecule has 8 nitrogen and oxygen atoms in total. The number of benzene rings is 3. The molecule has 2 atom stereocenters. The van der Waals surface area contributed by atoms with Gasteiger partial charge in [0.25, 0.3) is 11.5 Å². The SMILES string of the molecule is COc1ccc(C(=O)[C@H]2C(c3cc(OC)ccc3OC)=NO[C@@]23C(=O)Nc2ccccc23)cc1. The highest BCUT2D eigenvalue weighted by Gasteiger charge is 2.63. The number of para-hydroxylation sites is 1. The predicted octanol–water partition coefficient (Wildman–Crippen LogP) is 3.79. The maximum Gasteiger partial charge on any atom is 0.277 e. The smallest absolute Gasteiger partial charge is 0.277 e. The van der Waals surface area contributed by atoms with Gasteiger partial charge in [-0.15, -0.1) is 0 Å². The molecule has 0 bridgehead atoms. The van der Waals surface area contributed by atoms with Gasteiger partial charge in [0.2, 0.25) is 0 Å². The predicted molar refractivity (Wildman–Crippen MR) is 125 cm³/mol. The summed E-state index contributed by atoms with van der Waals surface area (Å²) in [5.74, 6) is -0.227. The van der Waals surface area contributed by atoms with Gasteiger partial charge in [-0.25, -0.2) is 0 Å². The van der Waals surface area contributed by atoms with E-state index in [1.54, 1.807) is 80.9 Å². The monoisotopic (exact) mass is 458 g/mol. The molecule has 1 spiro atoms. The second kappa shape index (κ2) is 8.22. The lowest BCUT2D eigenvalue weighted by Gasteiger charge is -2.27. The number of rotatable bonds is 6. The number of oxime groups is 1. The molecule has 172 valence electrons. The van der Waals surface area contributed by atoms with Crippen molar-refractivity contribution in [2.24, 2.45) is 11.1 Å². The molecule has 34 heavy (non-hydrogen) atoms. The molecule has 2 heterocycles. The Morgan fingerprint density at radius 2 is 1.65 bits per heavy atom. The summed E-state index contributed by atoms with van der Waals surface area (Å²) in [6, 6.07) is 19.0. The van der Waals surface area contributed by atoms with Crippen LogP contribution in [0, 0.1) is 5.92 Å². The van der Waals surface area contributed by atoms with Crippen molar-refractivity contribution in [3.63, 3.8) is 0 Å². The Morgan fingerprint density at radius 3 is 2.35 bits per heavy atom. The maximum atomic E-state index is 14.0. The van der Waals surface area contributed by atoms with Crippen molar-refractivity contribution < 1.29 is 28.6 Å². The molecule has 1 amide bonds. The van der Waals surface area contributed by atoms with Crippen molar-refractivity contribution in [1.82, 2.24) is 0 Å². The molecule has 0 saturated heterocycles.